The van der Waals surface area contributed by atoms with E-state index in [1.165, 1.54) is 0 Å². The van der Waals surface area contributed by atoms with Crippen LogP contribution in [0.1, 0.15) is 11.1 Å². The van der Waals surface area contributed by atoms with Gasteiger partial charge >= 0.3 is 0 Å². The summed E-state index contributed by atoms with van der Waals surface area (Å²) in [6.45, 7) is 0.957. The molecule has 0 unspecified atom stereocenters. The predicted octanol–water partition coefficient (Wildman–Crippen LogP) is 3.77. The number of hydrogen-bond acceptors (Lipinski definition) is 3. The summed E-state index contributed by atoms with van der Waals surface area (Å²) in [5.41, 5.74) is 2.96. The van der Waals surface area contributed by atoms with Crippen molar-refractivity contribution in [3.05, 3.63) is 52.0 Å². The van der Waals surface area contributed by atoms with Crippen molar-refractivity contribution in [2.24, 2.45) is 0 Å². The van der Waals surface area contributed by atoms with Gasteiger partial charge in [0.1, 0.15) is 0 Å². The molecular weight excluding hydrogens is 318 g/mol. The highest BCUT2D eigenvalue weighted by Crippen LogP contribution is 2.40. The molecule has 0 saturated heterocycles. The molecule has 0 atom stereocenters. The van der Waals surface area contributed by atoms with Gasteiger partial charge in [0.2, 0.25) is 6.79 Å². The van der Waals surface area contributed by atoms with E-state index in [0.29, 0.717) is 6.54 Å². The minimum absolute atomic E-state index is 0.273. The van der Waals surface area contributed by atoms with Gasteiger partial charge in [-0.1, -0.05) is 12.0 Å². The Kier molecular flexibility index (Phi) is 3.53. The first-order valence-corrected chi connectivity index (χ1v) is 6.94. The second kappa shape index (κ2) is 5.48. The second-order valence-electron chi connectivity index (χ2n) is 4.39. The quantitative estimate of drug-likeness (QED) is 0.869. The van der Waals surface area contributed by atoms with Crippen LogP contribution in [-0.2, 0) is 6.54 Å². The van der Waals surface area contributed by atoms with Crippen molar-refractivity contribution >= 4 is 21.6 Å². The Morgan fingerprint density at radius 2 is 2.15 bits per heavy atom. The highest BCUT2D eigenvalue weighted by atomic mass is 79.9. The van der Waals surface area contributed by atoms with Gasteiger partial charge in [0.15, 0.2) is 11.5 Å². The lowest BCUT2D eigenvalue weighted by Crippen LogP contribution is -1.99. The highest BCUT2D eigenvalue weighted by Gasteiger charge is 2.17. The van der Waals surface area contributed by atoms with Crippen molar-refractivity contribution in [2.75, 3.05) is 12.1 Å². The van der Waals surface area contributed by atoms with Crippen molar-refractivity contribution in [3.8, 4) is 23.8 Å². The molecule has 0 fully saturated rings. The van der Waals surface area contributed by atoms with E-state index in [1.54, 1.807) is 0 Å². The summed E-state index contributed by atoms with van der Waals surface area (Å²) in [7, 11) is 0. The van der Waals surface area contributed by atoms with E-state index in [-0.39, 0.29) is 6.79 Å². The molecular formula is C16H12BrNO2. The van der Waals surface area contributed by atoms with Gasteiger partial charge < -0.3 is 14.8 Å². The fourth-order valence-corrected chi connectivity index (χ4v) is 2.65. The molecule has 20 heavy (non-hydrogen) atoms. The predicted molar refractivity (Wildman–Crippen MR) is 82.0 cm³/mol. The van der Waals surface area contributed by atoms with Crippen molar-refractivity contribution in [2.45, 2.75) is 6.54 Å². The van der Waals surface area contributed by atoms with Gasteiger partial charge in [-0.25, -0.2) is 0 Å². The van der Waals surface area contributed by atoms with Crippen LogP contribution in [-0.4, -0.2) is 6.79 Å². The molecule has 0 spiro atoms. The Balaban J connectivity index is 1.75. The molecule has 0 saturated carbocycles. The summed E-state index contributed by atoms with van der Waals surface area (Å²) in [5, 5.41) is 3.34. The number of terminal acetylenes is 1. The number of rotatable bonds is 3. The lowest BCUT2D eigenvalue weighted by Gasteiger charge is -2.09. The third-order valence-corrected chi connectivity index (χ3v) is 3.60. The third kappa shape index (κ3) is 2.59. The van der Waals surface area contributed by atoms with Crippen LogP contribution in [0.2, 0.25) is 0 Å². The van der Waals surface area contributed by atoms with Gasteiger partial charge in [0.25, 0.3) is 0 Å². The van der Waals surface area contributed by atoms with Gasteiger partial charge in [-0.3, -0.25) is 0 Å². The number of hydrogen-bond donors (Lipinski definition) is 1. The zero-order valence-corrected chi connectivity index (χ0v) is 12.2. The molecule has 3 nitrogen and oxygen atoms in total. The number of halogens is 1. The molecule has 1 heterocycles. The zero-order chi connectivity index (χ0) is 13.9. The Hall–Kier alpha value is -2.12. The summed E-state index contributed by atoms with van der Waals surface area (Å²) in [6.07, 6.45) is 5.39. The van der Waals surface area contributed by atoms with E-state index in [4.69, 9.17) is 15.9 Å². The fraction of sp³-hybridized carbons (Fsp3) is 0.125. The Bertz CT molecular complexity index is 691. The first kappa shape index (κ1) is 12.9. The van der Waals surface area contributed by atoms with E-state index in [0.717, 1.165) is 32.8 Å². The maximum absolute atomic E-state index is 5.40. The number of anilines is 1. The van der Waals surface area contributed by atoms with E-state index >= 15 is 0 Å². The van der Waals surface area contributed by atoms with Crippen molar-refractivity contribution in [3.63, 3.8) is 0 Å². The smallest absolute Gasteiger partial charge is 0.231 e. The molecule has 4 heteroatoms. The second-order valence-corrected chi connectivity index (χ2v) is 5.24. The molecule has 1 aliphatic heterocycles. The average Bonchev–Trinajstić information content (AvgIpc) is 2.94. The van der Waals surface area contributed by atoms with E-state index < -0.39 is 0 Å². The largest absolute Gasteiger partial charge is 0.454 e. The Morgan fingerprint density at radius 3 is 3.00 bits per heavy atom. The molecule has 0 bridgehead atoms. The van der Waals surface area contributed by atoms with Gasteiger partial charge in [-0.2, -0.15) is 0 Å². The van der Waals surface area contributed by atoms with E-state index in [9.17, 15) is 0 Å². The van der Waals surface area contributed by atoms with Crippen LogP contribution >= 0.6 is 15.9 Å². The molecule has 2 aromatic carbocycles. The van der Waals surface area contributed by atoms with Crippen molar-refractivity contribution in [1.29, 1.82) is 0 Å². The van der Waals surface area contributed by atoms with Crippen molar-refractivity contribution < 1.29 is 9.47 Å². The number of fused-ring (bicyclic) bond motifs is 1. The molecule has 0 amide bonds. The molecule has 0 aromatic heterocycles. The van der Waals surface area contributed by atoms with Crippen LogP contribution in [0.25, 0.3) is 0 Å². The third-order valence-electron chi connectivity index (χ3n) is 3.01. The number of benzene rings is 2. The maximum atomic E-state index is 5.40. The zero-order valence-electron chi connectivity index (χ0n) is 10.7. The van der Waals surface area contributed by atoms with Crippen molar-refractivity contribution in [1.82, 2.24) is 0 Å². The first-order valence-electron chi connectivity index (χ1n) is 6.15. The van der Waals surface area contributed by atoms with Crippen LogP contribution < -0.4 is 14.8 Å². The van der Waals surface area contributed by atoms with Crippen LogP contribution in [0.4, 0.5) is 5.69 Å². The minimum Gasteiger partial charge on any atom is -0.454 e. The van der Waals surface area contributed by atoms with E-state index in [2.05, 4.69) is 27.2 Å². The Labute approximate surface area is 126 Å². The number of nitrogens with one attached hydrogen (secondary N) is 1. The normalized spacial score (nSPS) is 12.0. The monoisotopic (exact) mass is 329 g/mol. The Morgan fingerprint density at radius 1 is 1.25 bits per heavy atom. The average molecular weight is 330 g/mol. The summed E-state index contributed by atoms with van der Waals surface area (Å²) in [6, 6.07) is 11.8. The first-order chi connectivity index (χ1) is 9.76. The summed E-state index contributed by atoms with van der Waals surface area (Å²) >= 11 is 3.49. The lowest BCUT2D eigenvalue weighted by molar-refractivity contribution is 0.173. The molecule has 1 aliphatic rings. The lowest BCUT2D eigenvalue weighted by atomic mass is 10.1. The molecule has 0 radical (unpaired) electrons. The molecule has 1 N–H and O–H groups in total. The SMILES string of the molecule is C#Cc1cccc(NCc2cc(Br)c3c(c2)OCO3)c1. The summed E-state index contributed by atoms with van der Waals surface area (Å²) in [5.74, 6) is 4.16. The van der Waals surface area contributed by atoms with Crippen LogP contribution in [0.3, 0.4) is 0 Å². The molecule has 3 rings (SSSR count). The maximum Gasteiger partial charge on any atom is 0.231 e. The topological polar surface area (TPSA) is 30.5 Å². The van der Waals surface area contributed by atoms with E-state index in [1.807, 2.05) is 36.4 Å². The van der Waals surface area contributed by atoms with Crippen LogP contribution in [0, 0.1) is 12.3 Å². The van der Waals surface area contributed by atoms with Gasteiger partial charge in [-0.05, 0) is 51.8 Å². The summed E-state index contributed by atoms with van der Waals surface area (Å²) < 4.78 is 11.7. The molecule has 0 aliphatic carbocycles. The van der Waals surface area contributed by atoms with Gasteiger partial charge in [0.05, 0.1) is 4.47 Å². The fourth-order valence-electron chi connectivity index (χ4n) is 2.05. The number of ether oxygens (including phenoxy) is 2. The van der Waals surface area contributed by atoms with Gasteiger partial charge in [0, 0.05) is 17.8 Å². The minimum atomic E-state index is 0.273. The molecule has 100 valence electrons. The summed E-state index contributed by atoms with van der Waals surface area (Å²) in [4.78, 5) is 0. The van der Waals surface area contributed by atoms with Crippen LogP contribution in [0.15, 0.2) is 40.9 Å². The molecule has 2 aromatic rings. The standard InChI is InChI=1S/C16H12BrNO2/c1-2-11-4-3-5-13(6-11)18-9-12-7-14(17)16-15(8-12)19-10-20-16/h1,3-8,18H,9-10H2. The van der Waals surface area contributed by atoms with Gasteiger partial charge in [-0.15, -0.1) is 6.42 Å². The highest BCUT2D eigenvalue weighted by molar-refractivity contribution is 9.10. The van der Waals surface area contributed by atoms with Crippen LogP contribution in [0.5, 0.6) is 11.5 Å².